The number of hydrogen-bond donors (Lipinski definition) is 1. The molecule has 0 radical (unpaired) electrons. The van der Waals surface area contributed by atoms with Crippen LogP contribution in [-0.2, 0) is 0 Å². The Hall–Kier alpha value is -2.83. The monoisotopic (exact) mass is 497 g/mol. The predicted octanol–water partition coefficient (Wildman–Crippen LogP) is 3.85. The minimum Gasteiger partial charge on any atom is -0.453 e. The third-order valence-corrected chi connectivity index (χ3v) is 5.64. The Morgan fingerprint density at radius 1 is 1.14 bits per heavy atom. The fourth-order valence-corrected chi connectivity index (χ4v) is 3.82. The Morgan fingerprint density at radius 3 is 2.38 bits per heavy atom. The van der Waals surface area contributed by atoms with Crippen molar-refractivity contribution >= 4 is 33.9 Å². The van der Waals surface area contributed by atoms with Gasteiger partial charge in [-0.3, -0.25) is 5.73 Å². The van der Waals surface area contributed by atoms with Crippen molar-refractivity contribution in [3.8, 4) is 17.6 Å². The van der Waals surface area contributed by atoms with Gasteiger partial charge in [0, 0.05) is 28.9 Å². The topological polar surface area (TPSA) is 80.1 Å². The van der Waals surface area contributed by atoms with E-state index >= 15 is 0 Å². The van der Waals surface area contributed by atoms with E-state index in [-0.39, 0.29) is 0 Å². The molecule has 6 nitrogen and oxygen atoms in total. The van der Waals surface area contributed by atoms with Crippen molar-refractivity contribution in [3.05, 3.63) is 74.5 Å². The summed E-state index contributed by atoms with van der Waals surface area (Å²) in [6.07, 6.45) is -0.852. The molecule has 29 heavy (non-hydrogen) atoms. The van der Waals surface area contributed by atoms with E-state index in [1.807, 2.05) is 74.4 Å². The third-order valence-electron chi connectivity index (χ3n) is 4.92. The molecule has 0 fully saturated rings. The van der Waals surface area contributed by atoms with Crippen LogP contribution < -0.4 is 15.4 Å². The van der Waals surface area contributed by atoms with Crippen LogP contribution in [0.15, 0.2) is 54.1 Å². The highest BCUT2D eigenvalue weighted by molar-refractivity contribution is 14.1. The lowest BCUT2D eigenvalue weighted by Crippen LogP contribution is -2.33. The van der Waals surface area contributed by atoms with Crippen LogP contribution in [0.1, 0.15) is 16.8 Å². The van der Waals surface area contributed by atoms with Gasteiger partial charge in [0.1, 0.15) is 6.07 Å². The number of nitriles is 1. The Bertz CT molecular complexity index is 1140. The molecule has 3 aromatic rings. The van der Waals surface area contributed by atoms with Gasteiger partial charge in [-0.1, -0.05) is 12.1 Å². The molecule has 2 aromatic carbocycles. The van der Waals surface area contributed by atoms with Gasteiger partial charge in [0.25, 0.3) is 0 Å². The molecule has 2 heterocycles. The van der Waals surface area contributed by atoms with Crippen molar-refractivity contribution in [1.82, 2.24) is 9.78 Å². The minimum atomic E-state index is -0.852. The van der Waals surface area contributed by atoms with Gasteiger partial charge >= 0.3 is 0 Å². The molecule has 0 aliphatic carbocycles. The van der Waals surface area contributed by atoms with Gasteiger partial charge in [-0.15, -0.1) is 0 Å². The van der Waals surface area contributed by atoms with Crippen LogP contribution in [0.5, 0.6) is 5.88 Å². The molecule has 4 rings (SSSR count). The predicted molar refractivity (Wildman–Crippen MR) is 122 cm³/mol. The maximum Gasteiger partial charge on any atom is 0.226 e. The summed E-state index contributed by atoms with van der Waals surface area (Å²) in [4.78, 5) is 2.03. The summed E-state index contributed by atoms with van der Waals surface area (Å²) < 4.78 is 8.86. The zero-order chi connectivity index (χ0) is 20.7. The first-order chi connectivity index (χ1) is 13.9. The van der Waals surface area contributed by atoms with Gasteiger partial charge in [-0.2, -0.15) is 10.4 Å². The van der Waals surface area contributed by atoms with Gasteiger partial charge in [0.2, 0.25) is 5.88 Å². The highest BCUT2D eigenvalue weighted by atomic mass is 127. The normalized spacial score (nSPS) is 15.5. The van der Waals surface area contributed by atoms with Crippen molar-refractivity contribution in [2.24, 2.45) is 5.73 Å². The molecule has 0 saturated heterocycles. The molecule has 146 valence electrons. The van der Waals surface area contributed by atoms with E-state index in [9.17, 15) is 5.26 Å². The molecule has 7 heteroatoms. The number of halogens is 1. The fraction of sp³-hybridized carbons (Fsp3) is 0.182. The molecule has 0 spiro atoms. The summed E-state index contributed by atoms with van der Waals surface area (Å²) in [5, 5.41) is 14.5. The second kappa shape index (κ2) is 7.54. The largest absolute Gasteiger partial charge is 0.453 e. The summed E-state index contributed by atoms with van der Waals surface area (Å²) in [5.74, 6) is 0.557. The lowest BCUT2D eigenvalue weighted by molar-refractivity contribution is 0.228. The molecule has 2 N–H and O–H groups in total. The second-order valence-corrected chi connectivity index (χ2v) is 8.28. The van der Waals surface area contributed by atoms with Crippen LogP contribution in [0.2, 0.25) is 0 Å². The number of nitrogens with two attached hydrogens (primary N) is 1. The van der Waals surface area contributed by atoms with Crippen molar-refractivity contribution in [2.45, 2.75) is 13.2 Å². The van der Waals surface area contributed by atoms with Gasteiger partial charge in [0.15, 0.2) is 6.23 Å². The Morgan fingerprint density at radius 2 is 1.79 bits per heavy atom. The molecule has 1 atom stereocenters. The van der Waals surface area contributed by atoms with Crippen LogP contribution >= 0.6 is 22.6 Å². The van der Waals surface area contributed by atoms with Crippen LogP contribution in [0.3, 0.4) is 0 Å². The van der Waals surface area contributed by atoms with Crippen LogP contribution in [0.25, 0.3) is 11.3 Å². The quantitative estimate of drug-likeness (QED) is 0.557. The summed E-state index contributed by atoms with van der Waals surface area (Å²) in [5.41, 5.74) is 11.9. The van der Waals surface area contributed by atoms with E-state index in [0.29, 0.717) is 11.5 Å². The maximum atomic E-state index is 9.80. The average Bonchev–Trinajstić information content (AvgIpc) is 3.03. The van der Waals surface area contributed by atoms with Gasteiger partial charge in [-0.05, 0) is 71.5 Å². The highest BCUT2D eigenvalue weighted by Gasteiger charge is 2.33. The average molecular weight is 497 g/mol. The van der Waals surface area contributed by atoms with E-state index < -0.39 is 6.23 Å². The summed E-state index contributed by atoms with van der Waals surface area (Å²) in [7, 11) is 3.99. The Kier molecular flexibility index (Phi) is 5.06. The van der Waals surface area contributed by atoms with Crippen molar-refractivity contribution in [1.29, 1.82) is 5.26 Å². The van der Waals surface area contributed by atoms with E-state index in [4.69, 9.17) is 15.6 Å². The number of rotatable bonds is 3. The number of ether oxygens (including phenoxy) is 1. The summed E-state index contributed by atoms with van der Waals surface area (Å²) in [6.45, 7) is 1.92. The first-order valence-electron chi connectivity index (χ1n) is 9.11. The number of nitrogens with zero attached hydrogens (tertiary/aromatic N) is 4. The van der Waals surface area contributed by atoms with E-state index in [1.54, 1.807) is 4.68 Å². The van der Waals surface area contributed by atoms with E-state index in [2.05, 4.69) is 28.7 Å². The zero-order valence-electron chi connectivity index (χ0n) is 16.3. The molecule has 0 amide bonds. The number of aromatic nitrogens is 2. The van der Waals surface area contributed by atoms with Crippen LogP contribution in [0, 0.1) is 21.8 Å². The molecular weight excluding hydrogens is 477 g/mol. The Labute approximate surface area is 183 Å². The van der Waals surface area contributed by atoms with Crippen LogP contribution in [-0.4, -0.2) is 30.1 Å². The maximum absolute atomic E-state index is 9.80. The number of benzene rings is 2. The number of anilines is 1. The third kappa shape index (κ3) is 3.39. The minimum absolute atomic E-state index is 0.403. The van der Waals surface area contributed by atoms with E-state index in [1.165, 1.54) is 0 Å². The lowest BCUT2D eigenvalue weighted by Gasteiger charge is -2.25. The smallest absolute Gasteiger partial charge is 0.226 e. The first-order valence-corrected chi connectivity index (χ1v) is 10.2. The Balaban J connectivity index is 1.92. The summed E-state index contributed by atoms with van der Waals surface area (Å²) >= 11 is 2.27. The number of aryl methyl sites for hydroxylation is 1. The van der Waals surface area contributed by atoms with Gasteiger partial charge in [-0.25, -0.2) is 4.68 Å². The number of fused-ring (bicyclic) bond motifs is 1. The second-order valence-electron chi connectivity index (χ2n) is 7.03. The molecule has 0 saturated carbocycles. The zero-order valence-corrected chi connectivity index (χ0v) is 18.5. The highest BCUT2D eigenvalue weighted by Crippen LogP contribution is 2.42. The molecule has 0 bridgehead atoms. The molecule has 1 unspecified atom stereocenters. The SMILES string of the molecule is Cc1nn(-c2ccc(I)cc2)c2c1C(c1ccc(N(C)C)cc1)=C(C#N)C(N)O2. The van der Waals surface area contributed by atoms with Crippen molar-refractivity contribution in [3.63, 3.8) is 0 Å². The van der Waals surface area contributed by atoms with Gasteiger partial charge in [0.05, 0.1) is 22.5 Å². The van der Waals surface area contributed by atoms with Gasteiger partial charge < -0.3 is 9.64 Å². The number of hydrogen-bond acceptors (Lipinski definition) is 5. The first kappa shape index (κ1) is 19.5. The standard InChI is InChI=1S/C22H20IN5O/c1-13-19-20(14-4-8-16(9-5-14)27(2)3)18(12-24)21(25)29-22(19)28(26-13)17-10-6-15(23)7-11-17/h4-11,21H,25H2,1-3H3. The molecule has 1 aromatic heterocycles. The molecular formula is C22H20IN5O. The van der Waals surface area contributed by atoms with E-state index in [0.717, 1.165) is 37.3 Å². The molecule has 1 aliphatic rings. The lowest BCUT2D eigenvalue weighted by atomic mass is 9.91. The molecule has 1 aliphatic heterocycles. The fourth-order valence-electron chi connectivity index (χ4n) is 3.46. The van der Waals surface area contributed by atoms with Crippen molar-refractivity contribution < 1.29 is 4.74 Å². The van der Waals surface area contributed by atoms with Crippen molar-refractivity contribution in [2.75, 3.05) is 19.0 Å². The summed E-state index contributed by atoms with van der Waals surface area (Å²) in [6, 6.07) is 18.3. The van der Waals surface area contributed by atoms with Crippen LogP contribution in [0.4, 0.5) is 5.69 Å².